The Labute approximate surface area is 100 Å². The topological polar surface area (TPSA) is 71.4 Å². The summed E-state index contributed by atoms with van der Waals surface area (Å²) in [5, 5.41) is 8.54. The molecule has 0 amide bonds. The van der Waals surface area contributed by atoms with E-state index in [0.717, 1.165) is 11.1 Å². The lowest BCUT2D eigenvalue weighted by molar-refractivity contribution is -0.137. The van der Waals surface area contributed by atoms with E-state index in [4.69, 9.17) is 5.11 Å². The van der Waals surface area contributed by atoms with E-state index in [1.54, 1.807) is 12.1 Å². The number of aliphatic carboxylic acids is 1. The number of hydrogen-bond donors (Lipinski definition) is 1. The number of carboxylic acids is 1. The minimum atomic E-state index is -3.05. The van der Waals surface area contributed by atoms with Gasteiger partial charge in [0.2, 0.25) is 0 Å². The summed E-state index contributed by atoms with van der Waals surface area (Å²) in [5.41, 5.74) is 1.89. The van der Waals surface area contributed by atoms with Crippen LogP contribution in [0.1, 0.15) is 24.0 Å². The maximum atomic E-state index is 11.6. The van der Waals surface area contributed by atoms with Gasteiger partial charge in [0.1, 0.15) is 0 Å². The second kappa shape index (κ2) is 4.49. The van der Waals surface area contributed by atoms with Gasteiger partial charge in [0, 0.05) is 6.42 Å². The second-order valence-electron chi connectivity index (χ2n) is 4.26. The van der Waals surface area contributed by atoms with Gasteiger partial charge in [-0.3, -0.25) is 4.79 Å². The van der Waals surface area contributed by atoms with Gasteiger partial charge < -0.3 is 5.11 Å². The molecule has 0 aliphatic carbocycles. The summed E-state index contributed by atoms with van der Waals surface area (Å²) in [6.45, 7) is 0. The van der Waals surface area contributed by atoms with Crippen LogP contribution in [0.5, 0.6) is 0 Å². The minimum Gasteiger partial charge on any atom is -0.481 e. The molecule has 1 N–H and O–H groups in total. The molecule has 1 aromatic rings. The average molecular weight is 254 g/mol. The molecule has 1 heterocycles. The summed E-state index contributed by atoms with van der Waals surface area (Å²) in [6.07, 6.45) is 1.99. The highest BCUT2D eigenvalue weighted by atomic mass is 32.2. The number of benzene rings is 1. The van der Waals surface area contributed by atoms with Crippen molar-refractivity contribution in [3.05, 3.63) is 29.3 Å². The van der Waals surface area contributed by atoms with Crippen LogP contribution < -0.4 is 0 Å². The second-order valence-corrected chi connectivity index (χ2v) is 6.34. The molecular weight excluding hydrogens is 240 g/mol. The summed E-state index contributed by atoms with van der Waals surface area (Å²) in [6, 6.07) is 5.32. The fraction of sp³-hybridized carbons (Fsp3) is 0.417. The molecule has 0 saturated carbocycles. The van der Waals surface area contributed by atoms with Crippen molar-refractivity contribution in [3.8, 4) is 0 Å². The molecule has 0 aromatic heterocycles. The Morgan fingerprint density at radius 1 is 1.35 bits per heavy atom. The van der Waals surface area contributed by atoms with Gasteiger partial charge in [0.25, 0.3) is 0 Å². The molecule has 0 fully saturated rings. The highest BCUT2D eigenvalue weighted by Crippen LogP contribution is 2.26. The zero-order valence-electron chi connectivity index (χ0n) is 9.35. The van der Waals surface area contributed by atoms with E-state index in [1.807, 2.05) is 6.07 Å². The monoisotopic (exact) mass is 254 g/mol. The third-order valence-electron chi connectivity index (χ3n) is 2.96. The van der Waals surface area contributed by atoms with Gasteiger partial charge in [-0.1, -0.05) is 12.1 Å². The lowest BCUT2D eigenvalue weighted by atomic mass is 10.0. The Morgan fingerprint density at radius 3 is 2.82 bits per heavy atom. The summed E-state index contributed by atoms with van der Waals surface area (Å²) in [5.74, 6) is -0.602. The van der Waals surface area contributed by atoms with E-state index in [2.05, 4.69) is 0 Å². The maximum Gasteiger partial charge on any atom is 0.303 e. The first-order valence-corrected chi connectivity index (χ1v) is 7.20. The van der Waals surface area contributed by atoms with Crippen molar-refractivity contribution >= 4 is 15.8 Å². The van der Waals surface area contributed by atoms with Crippen molar-refractivity contribution in [1.29, 1.82) is 0 Å². The minimum absolute atomic E-state index is 0.148. The average Bonchev–Trinajstić information content (AvgIpc) is 2.54. The third-order valence-corrected chi connectivity index (χ3v) is 4.77. The molecular formula is C12H14O4S. The number of carbonyl (C=O) groups is 1. The lowest BCUT2D eigenvalue weighted by Crippen LogP contribution is -1.99. The molecule has 1 aliphatic heterocycles. The summed E-state index contributed by atoms with van der Waals surface area (Å²) >= 11 is 0. The first-order valence-electron chi connectivity index (χ1n) is 5.55. The van der Waals surface area contributed by atoms with Crippen LogP contribution in [0.25, 0.3) is 0 Å². The highest BCUT2D eigenvalue weighted by molar-refractivity contribution is 7.91. The zero-order chi connectivity index (χ0) is 12.5. The standard InChI is InChI=1S/C12H14O4S/c13-12(14)3-1-2-9-4-5-11-10(8-9)6-7-17(11,15)16/h4-5,8H,1-3,6-7H2,(H,13,14). The van der Waals surface area contributed by atoms with Crippen molar-refractivity contribution in [2.75, 3.05) is 5.75 Å². The first kappa shape index (κ1) is 12.1. The predicted molar refractivity (Wildman–Crippen MR) is 62.8 cm³/mol. The van der Waals surface area contributed by atoms with Crippen LogP contribution >= 0.6 is 0 Å². The summed E-state index contributed by atoms with van der Waals surface area (Å²) in [4.78, 5) is 10.8. The van der Waals surface area contributed by atoms with Crippen LogP contribution in [-0.2, 0) is 27.5 Å². The van der Waals surface area contributed by atoms with Crippen molar-refractivity contribution in [1.82, 2.24) is 0 Å². The zero-order valence-corrected chi connectivity index (χ0v) is 10.2. The smallest absolute Gasteiger partial charge is 0.303 e. The van der Waals surface area contributed by atoms with E-state index in [9.17, 15) is 13.2 Å². The third kappa shape index (κ3) is 2.66. The van der Waals surface area contributed by atoms with E-state index in [0.29, 0.717) is 24.2 Å². The first-order chi connectivity index (χ1) is 7.99. The number of aryl methyl sites for hydroxylation is 2. The number of fused-ring (bicyclic) bond motifs is 1. The van der Waals surface area contributed by atoms with Gasteiger partial charge >= 0.3 is 5.97 Å². The van der Waals surface area contributed by atoms with Crippen LogP contribution in [0, 0.1) is 0 Å². The van der Waals surface area contributed by atoms with Crippen molar-refractivity contribution in [3.63, 3.8) is 0 Å². The van der Waals surface area contributed by atoms with Crippen LogP contribution in [0.15, 0.2) is 23.1 Å². The highest BCUT2D eigenvalue weighted by Gasteiger charge is 2.25. The Balaban J connectivity index is 2.11. The van der Waals surface area contributed by atoms with Gasteiger partial charge in [-0.15, -0.1) is 0 Å². The number of sulfone groups is 1. The molecule has 17 heavy (non-hydrogen) atoms. The van der Waals surface area contributed by atoms with E-state index in [-0.39, 0.29) is 12.2 Å². The van der Waals surface area contributed by atoms with Gasteiger partial charge in [-0.05, 0) is 36.5 Å². The van der Waals surface area contributed by atoms with Gasteiger partial charge in [0.05, 0.1) is 10.6 Å². The van der Waals surface area contributed by atoms with Gasteiger partial charge in [-0.25, -0.2) is 8.42 Å². The normalized spacial score (nSPS) is 16.7. The molecule has 0 atom stereocenters. The molecule has 2 rings (SSSR count). The van der Waals surface area contributed by atoms with E-state index >= 15 is 0 Å². The molecule has 1 aliphatic rings. The quantitative estimate of drug-likeness (QED) is 0.882. The molecule has 0 spiro atoms. The van der Waals surface area contributed by atoms with Gasteiger partial charge in [0.15, 0.2) is 9.84 Å². The molecule has 5 heteroatoms. The molecule has 0 saturated heterocycles. The SMILES string of the molecule is O=C(O)CCCc1ccc2c(c1)CCS2(=O)=O. The fourth-order valence-corrected chi connectivity index (χ4v) is 3.63. The van der Waals surface area contributed by atoms with Crippen molar-refractivity contribution in [2.45, 2.75) is 30.6 Å². The van der Waals surface area contributed by atoms with E-state index < -0.39 is 15.8 Å². The molecule has 0 radical (unpaired) electrons. The van der Waals surface area contributed by atoms with Crippen molar-refractivity contribution in [2.24, 2.45) is 0 Å². The number of hydrogen-bond acceptors (Lipinski definition) is 3. The van der Waals surface area contributed by atoms with Crippen LogP contribution in [-0.4, -0.2) is 25.2 Å². The Morgan fingerprint density at radius 2 is 2.12 bits per heavy atom. The van der Waals surface area contributed by atoms with Crippen LogP contribution in [0.4, 0.5) is 0 Å². The van der Waals surface area contributed by atoms with Gasteiger partial charge in [-0.2, -0.15) is 0 Å². The molecule has 0 bridgehead atoms. The van der Waals surface area contributed by atoms with E-state index in [1.165, 1.54) is 0 Å². The maximum absolute atomic E-state index is 11.6. The molecule has 1 aromatic carbocycles. The number of rotatable bonds is 4. The predicted octanol–water partition coefficient (Wildman–Crippen LogP) is 1.42. The summed E-state index contributed by atoms with van der Waals surface area (Å²) in [7, 11) is -3.05. The molecule has 92 valence electrons. The van der Waals surface area contributed by atoms with Crippen molar-refractivity contribution < 1.29 is 18.3 Å². The lowest BCUT2D eigenvalue weighted by Gasteiger charge is -2.03. The Kier molecular flexibility index (Phi) is 3.19. The van der Waals surface area contributed by atoms with Crippen LogP contribution in [0.2, 0.25) is 0 Å². The van der Waals surface area contributed by atoms with Crippen LogP contribution in [0.3, 0.4) is 0 Å². The largest absolute Gasteiger partial charge is 0.481 e. The molecule has 4 nitrogen and oxygen atoms in total. The fourth-order valence-electron chi connectivity index (χ4n) is 2.09. The number of carboxylic acid groups (broad SMARTS) is 1. The summed E-state index contributed by atoms with van der Waals surface area (Å²) < 4.78 is 23.2. The Bertz CT molecular complexity index is 546. The Hall–Kier alpha value is -1.36. The molecule has 0 unspecified atom stereocenters.